The van der Waals surface area contributed by atoms with Gasteiger partial charge in [0.15, 0.2) is 0 Å². The largest absolute Gasteiger partial charge is 0.312 e. The molecule has 1 rings (SSSR count). The van der Waals surface area contributed by atoms with Crippen molar-refractivity contribution in [2.45, 2.75) is 50.9 Å². The van der Waals surface area contributed by atoms with Crippen molar-refractivity contribution >= 4 is 21.4 Å². The van der Waals surface area contributed by atoms with Gasteiger partial charge in [-0.1, -0.05) is 20.8 Å². The molecule has 1 atom stereocenters. The Morgan fingerprint density at radius 3 is 2.53 bits per heavy atom. The standard InChI is InChI=1S/C13H24N2O2S2/c1-5-14-9-12-6-7-13(18-12)19(16,17)15-11(4)8-10(2)3/h6-7,10-11,14-15H,5,8-9H2,1-4H3. The molecule has 0 aromatic carbocycles. The molecule has 1 aromatic rings. The second-order valence-corrected chi connectivity index (χ2v) is 8.26. The molecule has 6 heteroatoms. The Morgan fingerprint density at radius 2 is 1.95 bits per heavy atom. The molecule has 1 heterocycles. The highest BCUT2D eigenvalue weighted by Gasteiger charge is 2.19. The van der Waals surface area contributed by atoms with Gasteiger partial charge in [0.2, 0.25) is 10.0 Å². The molecular formula is C13H24N2O2S2. The molecule has 4 nitrogen and oxygen atoms in total. The third kappa shape index (κ3) is 5.60. The van der Waals surface area contributed by atoms with Gasteiger partial charge in [0.25, 0.3) is 0 Å². The summed E-state index contributed by atoms with van der Waals surface area (Å²) in [7, 11) is -3.37. The smallest absolute Gasteiger partial charge is 0.250 e. The highest BCUT2D eigenvalue weighted by atomic mass is 32.2. The van der Waals surface area contributed by atoms with Crippen LogP contribution in [0.5, 0.6) is 0 Å². The molecule has 0 radical (unpaired) electrons. The summed E-state index contributed by atoms with van der Waals surface area (Å²) in [4.78, 5) is 1.04. The number of hydrogen-bond acceptors (Lipinski definition) is 4. The Kier molecular flexibility index (Phi) is 6.46. The lowest BCUT2D eigenvalue weighted by molar-refractivity contribution is 0.483. The fraction of sp³-hybridized carbons (Fsp3) is 0.692. The number of nitrogens with one attached hydrogen (secondary N) is 2. The van der Waals surface area contributed by atoms with E-state index in [0.717, 1.165) is 24.4 Å². The van der Waals surface area contributed by atoms with Crippen molar-refractivity contribution in [1.82, 2.24) is 10.0 Å². The van der Waals surface area contributed by atoms with Crippen LogP contribution < -0.4 is 10.0 Å². The van der Waals surface area contributed by atoms with Crippen LogP contribution in [0.3, 0.4) is 0 Å². The summed E-state index contributed by atoms with van der Waals surface area (Å²) in [5, 5.41) is 3.19. The van der Waals surface area contributed by atoms with E-state index in [4.69, 9.17) is 0 Å². The van der Waals surface area contributed by atoms with Gasteiger partial charge in [-0.05, 0) is 37.9 Å². The zero-order valence-electron chi connectivity index (χ0n) is 12.1. The molecule has 0 spiro atoms. The number of thiophene rings is 1. The molecule has 2 N–H and O–H groups in total. The van der Waals surface area contributed by atoms with Crippen molar-refractivity contribution in [3.63, 3.8) is 0 Å². The van der Waals surface area contributed by atoms with E-state index in [0.29, 0.717) is 10.1 Å². The molecule has 1 aromatic heterocycles. The van der Waals surface area contributed by atoms with Gasteiger partial charge in [-0.3, -0.25) is 0 Å². The monoisotopic (exact) mass is 304 g/mol. The highest BCUT2D eigenvalue weighted by molar-refractivity contribution is 7.91. The molecule has 0 aliphatic carbocycles. The van der Waals surface area contributed by atoms with Crippen LogP contribution in [-0.4, -0.2) is 21.0 Å². The second-order valence-electron chi connectivity index (χ2n) is 5.15. The summed E-state index contributed by atoms with van der Waals surface area (Å²) in [6, 6.07) is 3.51. The summed E-state index contributed by atoms with van der Waals surface area (Å²) in [6.45, 7) is 9.71. The first-order valence-corrected chi connectivity index (χ1v) is 8.97. The lowest BCUT2D eigenvalue weighted by atomic mass is 10.1. The van der Waals surface area contributed by atoms with Crippen molar-refractivity contribution in [3.05, 3.63) is 17.0 Å². The number of sulfonamides is 1. The number of rotatable bonds is 8. The van der Waals surface area contributed by atoms with Crippen molar-refractivity contribution < 1.29 is 8.42 Å². The summed E-state index contributed by atoms with van der Waals surface area (Å²) in [5.74, 6) is 0.477. The number of hydrogen-bond donors (Lipinski definition) is 2. The van der Waals surface area contributed by atoms with Gasteiger partial charge < -0.3 is 5.32 Å². The highest BCUT2D eigenvalue weighted by Crippen LogP contribution is 2.22. The van der Waals surface area contributed by atoms with E-state index in [1.54, 1.807) is 6.07 Å². The van der Waals surface area contributed by atoms with E-state index in [2.05, 4.69) is 23.9 Å². The maximum absolute atomic E-state index is 12.2. The predicted octanol–water partition coefficient (Wildman–Crippen LogP) is 2.57. The third-order valence-electron chi connectivity index (χ3n) is 2.63. The van der Waals surface area contributed by atoms with E-state index >= 15 is 0 Å². The van der Waals surface area contributed by atoms with Gasteiger partial charge in [-0.2, -0.15) is 0 Å². The molecule has 19 heavy (non-hydrogen) atoms. The predicted molar refractivity (Wildman–Crippen MR) is 80.9 cm³/mol. The van der Waals surface area contributed by atoms with Crippen LogP contribution in [0.1, 0.15) is 39.0 Å². The molecule has 0 fully saturated rings. The van der Waals surface area contributed by atoms with Crippen molar-refractivity contribution in [2.75, 3.05) is 6.54 Å². The molecular weight excluding hydrogens is 280 g/mol. The zero-order valence-corrected chi connectivity index (χ0v) is 13.7. The Labute approximate surface area is 120 Å². The quantitative estimate of drug-likeness (QED) is 0.776. The van der Waals surface area contributed by atoms with Crippen LogP contribution in [0.2, 0.25) is 0 Å². The summed E-state index contributed by atoms with van der Waals surface area (Å²) >= 11 is 1.33. The van der Waals surface area contributed by atoms with Crippen LogP contribution in [0.15, 0.2) is 16.3 Å². The van der Waals surface area contributed by atoms with Crippen LogP contribution in [0.4, 0.5) is 0 Å². The average molecular weight is 304 g/mol. The maximum atomic E-state index is 12.2. The van der Waals surface area contributed by atoms with Crippen molar-refractivity contribution in [2.24, 2.45) is 5.92 Å². The molecule has 0 bridgehead atoms. The van der Waals surface area contributed by atoms with Crippen molar-refractivity contribution in [1.29, 1.82) is 0 Å². The minimum Gasteiger partial charge on any atom is -0.312 e. The second kappa shape index (κ2) is 7.38. The minimum atomic E-state index is -3.37. The van der Waals surface area contributed by atoms with E-state index < -0.39 is 10.0 Å². The summed E-state index contributed by atoms with van der Waals surface area (Å²) < 4.78 is 27.5. The maximum Gasteiger partial charge on any atom is 0.250 e. The van der Waals surface area contributed by atoms with Gasteiger partial charge in [0.1, 0.15) is 4.21 Å². The summed E-state index contributed by atoms with van der Waals surface area (Å²) in [5.41, 5.74) is 0. The van der Waals surface area contributed by atoms with Crippen LogP contribution >= 0.6 is 11.3 Å². The van der Waals surface area contributed by atoms with Gasteiger partial charge in [-0.25, -0.2) is 13.1 Å². The molecule has 0 amide bonds. The van der Waals surface area contributed by atoms with Crippen molar-refractivity contribution in [3.8, 4) is 0 Å². The first-order chi connectivity index (χ1) is 8.85. The Bertz CT molecular complexity index is 481. The molecule has 0 aliphatic rings. The van der Waals surface area contributed by atoms with Gasteiger partial charge in [0.05, 0.1) is 0 Å². The molecule has 0 saturated carbocycles. The lowest BCUT2D eigenvalue weighted by Crippen LogP contribution is -2.33. The minimum absolute atomic E-state index is 0.0377. The Hall–Kier alpha value is -0.430. The van der Waals surface area contributed by atoms with Gasteiger partial charge in [-0.15, -0.1) is 11.3 Å². The third-order valence-corrected chi connectivity index (χ3v) is 5.80. The fourth-order valence-corrected chi connectivity index (χ4v) is 4.52. The van der Waals surface area contributed by atoms with E-state index in [9.17, 15) is 8.42 Å². The topological polar surface area (TPSA) is 58.2 Å². The van der Waals surface area contributed by atoms with E-state index in [1.165, 1.54) is 11.3 Å². The first kappa shape index (κ1) is 16.6. The van der Waals surface area contributed by atoms with Gasteiger partial charge >= 0.3 is 0 Å². The SMILES string of the molecule is CCNCc1ccc(S(=O)(=O)NC(C)CC(C)C)s1. The zero-order chi connectivity index (χ0) is 14.5. The summed E-state index contributed by atoms with van der Waals surface area (Å²) in [6.07, 6.45) is 0.842. The lowest BCUT2D eigenvalue weighted by Gasteiger charge is -2.15. The van der Waals surface area contributed by atoms with E-state index in [1.807, 2.05) is 19.9 Å². The van der Waals surface area contributed by atoms with Gasteiger partial charge in [0, 0.05) is 17.5 Å². The Balaban J connectivity index is 2.69. The average Bonchev–Trinajstić information content (AvgIpc) is 2.73. The first-order valence-electron chi connectivity index (χ1n) is 6.67. The molecule has 1 unspecified atom stereocenters. The molecule has 0 saturated heterocycles. The van der Waals surface area contributed by atoms with E-state index in [-0.39, 0.29) is 6.04 Å². The van der Waals surface area contributed by atoms with Crippen LogP contribution in [0.25, 0.3) is 0 Å². The van der Waals surface area contributed by atoms with Crippen LogP contribution in [0, 0.1) is 5.92 Å². The fourth-order valence-electron chi connectivity index (χ4n) is 1.92. The van der Waals surface area contributed by atoms with Crippen LogP contribution in [-0.2, 0) is 16.6 Å². The molecule has 110 valence electrons. The normalized spacial score (nSPS) is 13.9. The molecule has 0 aliphatic heterocycles. The Morgan fingerprint density at radius 1 is 1.26 bits per heavy atom.